The molecule has 1 aliphatic rings. The quantitative estimate of drug-likeness (QED) is 0.850. The van der Waals surface area contributed by atoms with Crippen molar-refractivity contribution in [1.29, 1.82) is 0 Å². The van der Waals surface area contributed by atoms with Crippen LogP contribution in [0, 0.1) is 11.7 Å². The number of benzene rings is 1. The van der Waals surface area contributed by atoms with Gasteiger partial charge in [-0.1, -0.05) is 35.7 Å². The molecule has 1 saturated carbocycles. The molecule has 21 heavy (non-hydrogen) atoms. The lowest BCUT2D eigenvalue weighted by molar-refractivity contribution is 0.0749. The molecule has 1 aromatic carbocycles. The van der Waals surface area contributed by atoms with Crippen LogP contribution in [-0.4, -0.2) is 31.1 Å². The van der Waals surface area contributed by atoms with E-state index in [1.54, 1.807) is 12.1 Å². The number of likely N-dealkylation sites (N-methyl/N-ethyl adjacent to an activating group) is 1. The normalized spacial score (nSPS) is 26.3. The Kier molecular flexibility index (Phi) is 5.81. The summed E-state index contributed by atoms with van der Waals surface area (Å²) >= 11 is 3.49. The molecule has 0 aromatic heterocycles. The van der Waals surface area contributed by atoms with Crippen molar-refractivity contribution in [1.82, 2.24) is 10.2 Å². The third-order valence-corrected chi connectivity index (χ3v) is 5.57. The Morgan fingerprint density at radius 1 is 1.43 bits per heavy atom. The summed E-state index contributed by atoms with van der Waals surface area (Å²) in [5.74, 6) is 0.604. The zero-order valence-corrected chi connectivity index (χ0v) is 14.8. The van der Waals surface area contributed by atoms with Crippen molar-refractivity contribution in [3.05, 3.63) is 34.1 Å². The van der Waals surface area contributed by atoms with Gasteiger partial charge in [-0.15, -0.1) is 0 Å². The molecular weight excluding hydrogens is 331 g/mol. The highest BCUT2D eigenvalue weighted by atomic mass is 79.9. The molecule has 0 heterocycles. The Balaban J connectivity index is 1.98. The first kappa shape index (κ1) is 16.9. The molecule has 1 fully saturated rings. The van der Waals surface area contributed by atoms with E-state index in [2.05, 4.69) is 47.2 Å². The molecule has 1 aromatic rings. The van der Waals surface area contributed by atoms with Gasteiger partial charge in [0.1, 0.15) is 5.82 Å². The molecule has 0 saturated heterocycles. The number of nitrogens with zero attached hydrogens (tertiary/aromatic N) is 1. The van der Waals surface area contributed by atoms with E-state index in [-0.39, 0.29) is 11.4 Å². The molecule has 0 radical (unpaired) electrons. The molecule has 1 aliphatic carbocycles. The average Bonchev–Trinajstić information content (AvgIpc) is 2.42. The summed E-state index contributed by atoms with van der Waals surface area (Å²) < 4.78 is 14.3. The second-order valence-corrected chi connectivity index (χ2v) is 7.51. The van der Waals surface area contributed by atoms with Crippen LogP contribution in [-0.2, 0) is 6.54 Å². The van der Waals surface area contributed by atoms with E-state index in [0.717, 1.165) is 22.5 Å². The van der Waals surface area contributed by atoms with Crippen LogP contribution in [0.2, 0.25) is 0 Å². The van der Waals surface area contributed by atoms with Crippen molar-refractivity contribution in [2.24, 2.45) is 5.92 Å². The fourth-order valence-corrected chi connectivity index (χ4v) is 3.85. The van der Waals surface area contributed by atoms with E-state index in [4.69, 9.17) is 0 Å². The predicted octanol–water partition coefficient (Wildman–Crippen LogP) is 4.19. The van der Waals surface area contributed by atoms with E-state index >= 15 is 0 Å². The number of hydrogen-bond acceptors (Lipinski definition) is 2. The van der Waals surface area contributed by atoms with E-state index < -0.39 is 0 Å². The van der Waals surface area contributed by atoms with Crippen LogP contribution in [0.5, 0.6) is 0 Å². The van der Waals surface area contributed by atoms with Gasteiger partial charge in [0, 0.05) is 23.1 Å². The first-order valence-corrected chi connectivity index (χ1v) is 8.54. The molecule has 1 N–H and O–H groups in total. The first-order chi connectivity index (χ1) is 9.93. The van der Waals surface area contributed by atoms with Crippen LogP contribution in [0.4, 0.5) is 4.39 Å². The highest BCUT2D eigenvalue weighted by Gasteiger charge is 2.36. The van der Waals surface area contributed by atoms with Crippen LogP contribution in [0.15, 0.2) is 22.7 Å². The largest absolute Gasteiger partial charge is 0.311 e. The Hall–Kier alpha value is -0.450. The number of rotatable bonds is 5. The zero-order valence-electron chi connectivity index (χ0n) is 13.3. The summed E-state index contributed by atoms with van der Waals surface area (Å²) in [5, 5.41) is 3.54. The summed E-state index contributed by atoms with van der Waals surface area (Å²) in [6.45, 7) is 4.00. The number of hydrogen-bond donors (Lipinski definition) is 1. The Bertz CT molecular complexity index is 478. The highest BCUT2D eigenvalue weighted by Crippen LogP contribution is 2.35. The van der Waals surface area contributed by atoms with E-state index in [9.17, 15) is 4.39 Å². The Morgan fingerprint density at radius 2 is 2.19 bits per heavy atom. The average molecular weight is 357 g/mol. The SMILES string of the molecule is CC1CCCC(CNCc2cc(F)ccc2Br)(N(C)C)C1. The van der Waals surface area contributed by atoms with Crippen molar-refractivity contribution in [3.63, 3.8) is 0 Å². The molecule has 2 rings (SSSR count). The van der Waals surface area contributed by atoms with Crippen LogP contribution in [0.1, 0.15) is 38.2 Å². The minimum atomic E-state index is -0.177. The van der Waals surface area contributed by atoms with Crippen molar-refractivity contribution in [3.8, 4) is 0 Å². The summed E-state index contributed by atoms with van der Waals surface area (Å²) in [7, 11) is 4.36. The van der Waals surface area contributed by atoms with Gasteiger partial charge in [-0.05, 0) is 56.6 Å². The highest BCUT2D eigenvalue weighted by molar-refractivity contribution is 9.10. The fraction of sp³-hybridized carbons (Fsp3) is 0.647. The smallest absolute Gasteiger partial charge is 0.123 e. The monoisotopic (exact) mass is 356 g/mol. The number of nitrogens with one attached hydrogen (secondary N) is 1. The first-order valence-electron chi connectivity index (χ1n) is 7.75. The van der Waals surface area contributed by atoms with Gasteiger partial charge in [-0.25, -0.2) is 4.39 Å². The molecule has 2 atom stereocenters. The number of halogens is 2. The zero-order chi connectivity index (χ0) is 15.5. The molecule has 118 valence electrons. The van der Waals surface area contributed by atoms with Gasteiger partial charge >= 0.3 is 0 Å². The van der Waals surface area contributed by atoms with Crippen molar-refractivity contribution in [2.75, 3.05) is 20.6 Å². The van der Waals surface area contributed by atoms with E-state index in [1.165, 1.54) is 31.7 Å². The summed E-state index contributed by atoms with van der Waals surface area (Å²) in [4.78, 5) is 2.37. The molecule has 0 bridgehead atoms. The molecule has 2 nitrogen and oxygen atoms in total. The molecule has 2 unspecified atom stereocenters. The fourth-order valence-electron chi connectivity index (χ4n) is 3.47. The van der Waals surface area contributed by atoms with Crippen LogP contribution in [0.25, 0.3) is 0 Å². The summed E-state index contributed by atoms with van der Waals surface area (Å²) in [6.07, 6.45) is 5.11. The second-order valence-electron chi connectivity index (χ2n) is 6.66. The Labute approximate surface area is 136 Å². The minimum Gasteiger partial charge on any atom is -0.311 e. The van der Waals surface area contributed by atoms with Crippen LogP contribution < -0.4 is 5.32 Å². The molecular formula is C17H26BrFN2. The van der Waals surface area contributed by atoms with Gasteiger partial charge < -0.3 is 10.2 Å². The van der Waals surface area contributed by atoms with Gasteiger partial charge in [-0.3, -0.25) is 0 Å². The summed E-state index contributed by atoms with van der Waals surface area (Å²) in [5.41, 5.74) is 1.21. The Morgan fingerprint density at radius 3 is 2.86 bits per heavy atom. The lowest BCUT2D eigenvalue weighted by atomic mass is 9.75. The van der Waals surface area contributed by atoms with Crippen molar-refractivity contribution < 1.29 is 4.39 Å². The van der Waals surface area contributed by atoms with E-state index in [0.29, 0.717) is 6.54 Å². The third-order valence-electron chi connectivity index (χ3n) is 4.79. The maximum atomic E-state index is 13.3. The third kappa shape index (κ3) is 4.27. The lowest BCUT2D eigenvalue weighted by Crippen LogP contribution is -2.54. The molecule has 0 spiro atoms. The van der Waals surface area contributed by atoms with Crippen LogP contribution in [0.3, 0.4) is 0 Å². The lowest BCUT2D eigenvalue weighted by Gasteiger charge is -2.45. The van der Waals surface area contributed by atoms with Gasteiger partial charge in [0.2, 0.25) is 0 Å². The summed E-state index contributed by atoms with van der Waals surface area (Å²) in [6, 6.07) is 4.86. The molecule has 0 amide bonds. The van der Waals surface area contributed by atoms with Gasteiger partial charge in [0.25, 0.3) is 0 Å². The molecule has 0 aliphatic heterocycles. The molecule has 4 heteroatoms. The topological polar surface area (TPSA) is 15.3 Å². The van der Waals surface area contributed by atoms with Crippen molar-refractivity contribution >= 4 is 15.9 Å². The minimum absolute atomic E-state index is 0.177. The van der Waals surface area contributed by atoms with Gasteiger partial charge in [-0.2, -0.15) is 0 Å². The standard InChI is InChI=1S/C17H26BrFN2/c1-13-5-4-8-17(10-13,21(2)3)12-20-11-14-9-15(19)6-7-16(14)18/h6-7,9,13,20H,4-5,8,10-12H2,1-3H3. The second kappa shape index (κ2) is 7.21. The van der Waals surface area contributed by atoms with Gasteiger partial charge in [0.15, 0.2) is 0 Å². The maximum Gasteiger partial charge on any atom is 0.123 e. The predicted molar refractivity (Wildman–Crippen MR) is 89.9 cm³/mol. The van der Waals surface area contributed by atoms with Gasteiger partial charge in [0.05, 0.1) is 0 Å². The van der Waals surface area contributed by atoms with E-state index in [1.807, 2.05) is 0 Å². The van der Waals surface area contributed by atoms with Crippen molar-refractivity contribution in [2.45, 2.75) is 44.7 Å². The van der Waals surface area contributed by atoms with Crippen LogP contribution >= 0.6 is 15.9 Å². The maximum absolute atomic E-state index is 13.3.